The van der Waals surface area contributed by atoms with E-state index in [0.717, 1.165) is 17.9 Å². The number of nitrogens with one attached hydrogen (secondary N) is 1. The molecule has 0 saturated carbocycles. The van der Waals surface area contributed by atoms with E-state index >= 15 is 0 Å². The van der Waals surface area contributed by atoms with Gasteiger partial charge in [-0.05, 0) is 36.9 Å². The summed E-state index contributed by atoms with van der Waals surface area (Å²) >= 11 is 1.68. The van der Waals surface area contributed by atoms with Crippen molar-refractivity contribution in [2.24, 2.45) is 0 Å². The van der Waals surface area contributed by atoms with Gasteiger partial charge in [-0.25, -0.2) is 4.98 Å². The Labute approximate surface area is 129 Å². The van der Waals surface area contributed by atoms with E-state index in [4.69, 9.17) is 0 Å². The zero-order valence-electron chi connectivity index (χ0n) is 12.7. The molecule has 2 rings (SSSR count). The van der Waals surface area contributed by atoms with Gasteiger partial charge in [0.1, 0.15) is 5.82 Å². The van der Waals surface area contributed by atoms with Gasteiger partial charge < -0.3 is 10.2 Å². The third-order valence-corrected chi connectivity index (χ3v) is 4.20. The number of thiophene rings is 1. The van der Waals surface area contributed by atoms with Crippen molar-refractivity contribution in [3.05, 3.63) is 45.8 Å². The average molecular weight is 303 g/mol. The summed E-state index contributed by atoms with van der Waals surface area (Å²) in [5, 5.41) is 5.06. The molecule has 2 aromatic heterocycles. The normalized spacial score (nSPS) is 10.4. The first kappa shape index (κ1) is 15.5. The van der Waals surface area contributed by atoms with E-state index in [1.807, 2.05) is 49.4 Å². The number of pyridine rings is 1. The molecule has 0 spiro atoms. The Morgan fingerprint density at radius 2 is 2.19 bits per heavy atom. The highest BCUT2D eigenvalue weighted by Gasteiger charge is 2.16. The van der Waals surface area contributed by atoms with E-state index in [-0.39, 0.29) is 5.91 Å². The SMILES string of the molecule is CCc1cc(C(=O)N(CC)Cc2cccs2)cc(NC)n1. The summed E-state index contributed by atoms with van der Waals surface area (Å²) in [6.45, 7) is 5.40. The van der Waals surface area contributed by atoms with Gasteiger partial charge in [-0.2, -0.15) is 0 Å². The lowest BCUT2D eigenvalue weighted by Crippen LogP contribution is -2.30. The second-order valence-electron chi connectivity index (χ2n) is 4.73. The Morgan fingerprint density at radius 3 is 2.76 bits per heavy atom. The minimum absolute atomic E-state index is 0.0551. The average Bonchev–Trinajstić information content (AvgIpc) is 3.04. The Balaban J connectivity index is 2.24. The first-order valence-corrected chi connectivity index (χ1v) is 8.06. The molecular weight excluding hydrogens is 282 g/mol. The molecule has 112 valence electrons. The van der Waals surface area contributed by atoms with Gasteiger partial charge in [-0.1, -0.05) is 13.0 Å². The van der Waals surface area contributed by atoms with Crippen LogP contribution in [0.25, 0.3) is 0 Å². The monoisotopic (exact) mass is 303 g/mol. The van der Waals surface area contributed by atoms with Crippen molar-refractivity contribution in [2.45, 2.75) is 26.8 Å². The van der Waals surface area contributed by atoms with Gasteiger partial charge in [0.05, 0.1) is 6.54 Å². The summed E-state index contributed by atoms with van der Waals surface area (Å²) in [5.74, 6) is 0.796. The predicted molar refractivity (Wildman–Crippen MR) is 87.9 cm³/mol. The van der Waals surface area contributed by atoms with Crippen LogP contribution in [-0.4, -0.2) is 29.4 Å². The number of anilines is 1. The largest absolute Gasteiger partial charge is 0.373 e. The number of rotatable bonds is 6. The molecule has 1 amide bonds. The summed E-state index contributed by atoms with van der Waals surface area (Å²) in [6.07, 6.45) is 0.812. The Morgan fingerprint density at radius 1 is 1.38 bits per heavy atom. The van der Waals surface area contributed by atoms with E-state index in [9.17, 15) is 4.79 Å². The molecular formula is C16H21N3OS. The second kappa shape index (κ2) is 7.22. The molecule has 0 aliphatic rings. The van der Waals surface area contributed by atoms with Crippen molar-refractivity contribution < 1.29 is 4.79 Å². The summed E-state index contributed by atoms with van der Waals surface area (Å²) in [7, 11) is 1.82. The van der Waals surface area contributed by atoms with Crippen LogP contribution in [0.3, 0.4) is 0 Å². The van der Waals surface area contributed by atoms with Crippen molar-refractivity contribution in [1.82, 2.24) is 9.88 Å². The van der Waals surface area contributed by atoms with Crippen LogP contribution in [0.4, 0.5) is 5.82 Å². The quantitative estimate of drug-likeness (QED) is 0.889. The molecule has 0 aliphatic carbocycles. The molecule has 0 unspecified atom stereocenters. The topological polar surface area (TPSA) is 45.2 Å². The molecule has 2 heterocycles. The number of carbonyl (C=O) groups excluding carboxylic acids is 1. The molecule has 0 aliphatic heterocycles. The standard InChI is InChI=1S/C16H21N3OS/c1-4-13-9-12(10-15(17-3)18-13)16(20)19(5-2)11-14-7-6-8-21-14/h6-10H,4-5,11H2,1-3H3,(H,17,18). The fourth-order valence-corrected chi connectivity index (χ4v) is 2.84. The number of aromatic nitrogens is 1. The van der Waals surface area contributed by atoms with Gasteiger partial charge >= 0.3 is 0 Å². The molecule has 0 fully saturated rings. The minimum Gasteiger partial charge on any atom is -0.373 e. The Hall–Kier alpha value is -1.88. The maximum Gasteiger partial charge on any atom is 0.254 e. The van der Waals surface area contributed by atoms with Crippen LogP contribution in [-0.2, 0) is 13.0 Å². The van der Waals surface area contributed by atoms with E-state index in [1.165, 1.54) is 4.88 Å². The first-order chi connectivity index (χ1) is 10.2. The van der Waals surface area contributed by atoms with Crippen molar-refractivity contribution in [1.29, 1.82) is 0 Å². The third-order valence-electron chi connectivity index (χ3n) is 3.34. The highest BCUT2D eigenvalue weighted by atomic mass is 32.1. The molecule has 0 saturated heterocycles. The number of hydrogen-bond donors (Lipinski definition) is 1. The molecule has 0 atom stereocenters. The van der Waals surface area contributed by atoms with Gasteiger partial charge in [-0.15, -0.1) is 11.3 Å². The van der Waals surface area contributed by atoms with Crippen LogP contribution < -0.4 is 5.32 Å². The molecule has 1 N–H and O–H groups in total. The van der Waals surface area contributed by atoms with Crippen LogP contribution in [0, 0.1) is 0 Å². The molecule has 0 aromatic carbocycles. The van der Waals surface area contributed by atoms with Crippen LogP contribution in [0.15, 0.2) is 29.6 Å². The maximum atomic E-state index is 12.7. The zero-order chi connectivity index (χ0) is 15.2. The lowest BCUT2D eigenvalue weighted by atomic mass is 10.1. The lowest BCUT2D eigenvalue weighted by Gasteiger charge is -2.21. The number of amides is 1. The minimum atomic E-state index is 0.0551. The number of aryl methyl sites for hydroxylation is 1. The fraction of sp³-hybridized carbons (Fsp3) is 0.375. The Bertz CT molecular complexity index is 573. The maximum absolute atomic E-state index is 12.7. The highest BCUT2D eigenvalue weighted by molar-refractivity contribution is 7.09. The van der Waals surface area contributed by atoms with Crippen LogP contribution in [0.2, 0.25) is 0 Å². The van der Waals surface area contributed by atoms with Crippen molar-refractivity contribution in [3.63, 3.8) is 0 Å². The van der Waals surface area contributed by atoms with E-state index in [1.54, 1.807) is 11.3 Å². The van der Waals surface area contributed by atoms with Crippen LogP contribution >= 0.6 is 11.3 Å². The summed E-state index contributed by atoms with van der Waals surface area (Å²) in [6, 6.07) is 7.78. The molecule has 4 nitrogen and oxygen atoms in total. The highest BCUT2D eigenvalue weighted by Crippen LogP contribution is 2.17. The van der Waals surface area contributed by atoms with Gasteiger partial charge in [0, 0.05) is 29.7 Å². The van der Waals surface area contributed by atoms with Crippen LogP contribution in [0.1, 0.15) is 34.8 Å². The molecule has 21 heavy (non-hydrogen) atoms. The lowest BCUT2D eigenvalue weighted by molar-refractivity contribution is 0.0754. The number of hydrogen-bond acceptors (Lipinski definition) is 4. The van der Waals surface area contributed by atoms with Crippen LogP contribution in [0.5, 0.6) is 0 Å². The first-order valence-electron chi connectivity index (χ1n) is 7.18. The molecule has 0 bridgehead atoms. The summed E-state index contributed by atoms with van der Waals surface area (Å²) < 4.78 is 0. The molecule has 5 heteroatoms. The second-order valence-corrected chi connectivity index (χ2v) is 5.77. The van der Waals surface area contributed by atoms with Crippen molar-refractivity contribution >= 4 is 23.1 Å². The fourth-order valence-electron chi connectivity index (χ4n) is 2.12. The Kier molecular flexibility index (Phi) is 5.33. The predicted octanol–water partition coefficient (Wildman–Crippen LogP) is 3.41. The van der Waals surface area contributed by atoms with E-state index < -0.39 is 0 Å². The van der Waals surface area contributed by atoms with Gasteiger partial charge in [0.25, 0.3) is 5.91 Å². The zero-order valence-corrected chi connectivity index (χ0v) is 13.5. The van der Waals surface area contributed by atoms with Gasteiger partial charge in [0.2, 0.25) is 0 Å². The van der Waals surface area contributed by atoms with E-state index in [2.05, 4.69) is 16.4 Å². The third kappa shape index (κ3) is 3.82. The smallest absolute Gasteiger partial charge is 0.254 e. The summed E-state index contributed by atoms with van der Waals surface area (Å²) in [5.41, 5.74) is 1.63. The summed E-state index contributed by atoms with van der Waals surface area (Å²) in [4.78, 5) is 20.2. The van der Waals surface area contributed by atoms with Crippen molar-refractivity contribution in [2.75, 3.05) is 18.9 Å². The van der Waals surface area contributed by atoms with Gasteiger partial charge in [0.15, 0.2) is 0 Å². The van der Waals surface area contributed by atoms with Crippen molar-refractivity contribution in [3.8, 4) is 0 Å². The van der Waals surface area contributed by atoms with Gasteiger partial charge in [-0.3, -0.25) is 4.79 Å². The molecule has 0 radical (unpaired) electrons. The number of nitrogens with zero attached hydrogens (tertiary/aromatic N) is 2. The molecule has 2 aromatic rings. The number of carbonyl (C=O) groups is 1. The van der Waals surface area contributed by atoms with E-state index in [0.29, 0.717) is 18.7 Å².